The smallest absolute Gasteiger partial charge is 0.318 e. The number of nitrogens with zero attached hydrogens (tertiary/aromatic N) is 1. The van der Waals surface area contributed by atoms with Gasteiger partial charge in [-0.1, -0.05) is 15.9 Å². The number of amides is 4. The molecule has 0 spiro atoms. The van der Waals surface area contributed by atoms with Gasteiger partial charge in [-0.2, -0.15) is 0 Å². The van der Waals surface area contributed by atoms with E-state index in [4.69, 9.17) is 0 Å². The van der Waals surface area contributed by atoms with E-state index in [1.165, 1.54) is 6.08 Å². The zero-order valence-corrected chi connectivity index (χ0v) is 15.5. The number of rotatable bonds is 2. The number of urea groups is 1. The predicted octanol–water partition coefficient (Wildman–Crippen LogP) is 2.91. The summed E-state index contributed by atoms with van der Waals surface area (Å²) in [6.07, 6.45) is 1.50. The van der Waals surface area contributed by atoms with Crippen LogP contribution in [0.2, 0.25) is 0 Å². The Morgan fingerprint density at radius 2 is 1.64 bits per heavy atom. The normalized spacial score (nSPS) is 14.4. The second-order valence-electron chi connectivity index (χ2n) is 5.89. The minimum absolute atomic E-state index is 0.0909. The molecule has 0 radical (unpaired) electrons. The summed E-state index contributed by atoms with van der Waals surface area (Å²) < 4.78 is 3.08. The van der Waals surface area contributed by atoms with Crippen molar-refractivity contribution in [2.24, 2.45) is 0 Å². The van der Waals surface area contributed by atoms with Gasteiger partial charge >= 0.3 is 6.03 Å². The first kappa shape index (κ1) is 17.2. The van der Waals surface area contributed by atoms with Gasteiger partial charge in [0.25, 0.3) is 11.8 Å². The van der Waals surface area contributed by atoms with Crippen LogP contribution < -0.4 is 10.6 Å². The summed E-state index contributed by atoms with van der Waals surface area (Å²) in [6.45, 7) is 5.88. The van der Waals surface area contributed by atoms with E-state index in [0.717, 1.165) is 32.7 Å². The maximum Gasteiger partial charge on any atom is 0.328 e. The standard InChI is InChI=1S/C18H16BrN3O3/c1-9-6-13(4-5-15(9)19)22-10(2)7-12(11(22)3)8-14-16(23)20-18(25)21-17(14)24/h4-8H,1-3H3,(H2,20,21,23,24,25). The molecule has 128 valence electrons. The quantitative estimate of drug-likeness (QED) is 0.599. The van der Waals surface area contributed by atoms with Gasteiger partial charge in [-0.15, -0.1) is 0 Å². The average molecular weight is 402 g/mol. The zero-order chi connectivity index (χ0) is 18.3. The molecule has 0 bridgehead atoms. The average Bonchev–Trinajstić information content (AvgIpc) is 2.80. The number of benzene rings is 1. The number of halogens is 1. The Kier molecular flexibility index (Phi) is 4.34. The highest BCUT2D eigenvalue weighted by atomic mass is 79.9. The summed E-state index contributed by atoms with van der Waals surface area (Å²) in [4.78, 5) is 35.0. The van der Waals surface area contributed by atoms with Gasteiger partial charge in [0.1, 0.15) is 5.57 Å². The van der Waals surface area contributed by atoms with Crippen LogP contribution >= 0.6 is 15.9 Å². The van der Waals surface area contributed by atoms with Crippen LogP contribution in [0, 0.1) is 20.8 Å². The predicted molar refractivity (Wildman–Crippen MR) is 97.3 cm³/mol. The fourth-order valence-electron chi connectivity index (χ4n) is 2.86. The van der Waals surface area contributed by atoms with Crippen LogP contribution in [0.25, 0.3) is 11.8 Å². The van der Waals surface area contributed by atoms with Crippen molar-refractivity contribution in [2.75, 3.05) is 0 Å². The molecule has 2 aromatic rings. The number of barbiturate groups is 1. The maximum absolute atomic E-state index is 11.9. The van der Waals surface area contributed by atoms with Gasteiger partial charge in [-0.05, 0) is 62.2 Å². The van der Waals surface area contributed by atoms with E-state index in [1.54, 1.807) is 0 Å². The van der Waals surface area contributed by atoms with Gasteiger partial charge in [0.05, 0.1) is 0 Å². The molecular formula is C18H16BrN3O3. The number of hydrogen-bond acceptors (Lipinski definition) is 3. The topological polar surface area (TPSA) is 80.2 Å². The third-order valence-corrected chi connectivity index (χ3v) is 5.00. The highest BCUT2D eigenvalue weighted by Gasteiger charge is 2.28. The molecular weight excluding hydrogens is 386 g/mol. The summed E-state index contributed by atoms with van der Waals surface area (Å²) in [5, 5.41) is 4.15. The molecule has 0 atom stereocenters. The lowest BCUT2D eigenvalue weighted by Crippen LogP contribution is -2.51. The lowest BCUT2D eigenvalue weighted by molar-refractivity contribution is -0.123. The third kappa shape index (κ3) is 3.15. The van der Waals surface area contributed by atoms with Gasteiger partial charge in [0, 0.05) is 21.5 Å². The monoisotopic (exact) mass is 401 g/mol. The number of hydrogen-bond donors (Lipinski definition) is 2. The van der Waals surface area contributed by atoms with Crippen LogP contribution in [0.4, 0.5) is 4.79 Å². The fraction of sp³-hybridized carbons (Fsp3) is 0.167. The molecule has 6 nitrogen and oxygen atoms in total. The van der Waals surface area contributed by atoms with Gasteiger partial charge < -0.3 is 4.57 Å². The molecule has 1 fully saturated rings. The Bertz CT molecular complexity index is 935. The van der Waals surface area contributed by atoms with Crippen molar-refractivity contribution in [2.45, 2.75) is 20.8 Å². The minimum Gasteiger partial charge on any atom is -0.318 e. The number of carbonyl (C=O) groups is 3. The van der Waals surface area contributed by atoms with E-state index in [2.05, 4.69) is 37.2 Å². The van der Waals surface area contributed by atoms with Gasteiger partial charge in [-0.3, -0.25) is 20.2 Å². The van der Waals surface area contributed by atoms with E-state index in [9.17, 15) is 14.4 Å². The molecule has 3 rings (SSSR count). The molecule has 0 saturated carbocycles. The number of aryl methyl sites for hydroxylation is 2. The number of carbonyl (C=O) groups excluding carboxylic acids is 3. The number of imide groups is 2. The van der Waals surface area contributed by atoms with Gasteiger partial charge in [0.15, 0.2) is 0 Å². The molecule has 0 aliphatic carbocycles. The van der Waals surface area contributed by atoms with E-state index in [-0.39, 0.29) is 5.57 Å². The van der Waals surface area contributed by atoms with Crippen molar-refractivity contribution >= 4 is 39.9 Å². The summed E-state index contributed by atoms with van der Waals surface area (Å²) >= 11 is 3.49. The van der Waals surface area contributed by atoms with Crippen molar-refractivity contribution in [1.82, 2.24) is 15.2 Å². The second-order valence-corrected chi connectivity index (χ2v) is 6.75. The first-order chi connectivity index (χ1) is 11.8. The van der Waals surface area contributed by atoms with Crippen LogP contribution in [0.1, 0.15) is 22.5 Å². The van der Waals surface area contributed by atoms with Crippen LogP contribution in [-0.4, -0.2) is 22.4 Å². The molecule has 0 unspecified atom stereocenters. The van der Waals surface area contributed by atoms with Crippen molar-refractivity contribution in [3.05, 3.63) is 56.8 Å². The Balaban J connectivity index is 2.07. The Morgan fingerprint density at radius 1 is 1.00 bits per heavy atom. The van der Waals surface area contributed by atoms with E-state index in [0.29, 0.717) is 0 Å². The number of aromatic nitrogens is 1. The fourth-order valence-corrected chi connectivity index (χ4v) is 3.11. The molecule has 4 amide bonds. The first-order valence-electron chi connectivity index (χ1n) is 7.61. The van der Waals surface area contributed by atoms with E-state index >= 15 is 0 Å². The molecule has 1 aliphatic rings. The lowest BCUT2D eigenvalue weighted by atomic mass is 10.1. The second kappa shape index (κ2) is 6.33. The first-order valence-corrected chi connectivity index (χ1v) is 8.41. The highest BCUT2D eigenvalue weighted by molar-refractivity contribution is 9.10. The van der Waals surface area contributed by atoms with Crippen LogP contribution in [-0.2, 0) is 9.59 Å². The van der Waals surface area contributed by atoms with E-state index < -0.39 is 17.8 Å². The molecule has 2 N–H and O–H groups in total. The Morgan fingerprint density at radius 3 is 2.24 bits per heavy atom. The van der Waals surface area contributed by atoms with Crippen molar-refractivity contribution in [3.63, 3.8) is 0 Å². The van der Waals surface area contributed by atoms with Crippen LogP contribution in [0.3, 0.4) is 0 Å². The molecule has 2 heterocycles. The summed E-state index contributed by atoms with van der Waals surface area (Å²) in [5.74, 6) is -1.39. The highest BCUT2D eigenvalue weighted by Crippen LogP contribution is 2.26. The molecule has 1 aliphatic heterocycles. The lowest BCUT2D eigenvalue weighted by Gasteiger charge is -2.14. The van der Waals surface area contributed by atoms with Crippen molar-refractivity contribution < 1.29 is 14.4 Å². The molecule has 7 heteroatoms. The minimum atomic E-state index is -0.803. The van der Waals surface area contributed by atoms with Gasteiger partial charge in [0.2, 0.25) is 0 Å². The number of nitrogens with one attached hydrogen (secondary N) is 2. The Hall–Kier alpha value is -2.67. The van der Waals surface area contributed by atoms with Crippen LogP contribution in [0.5, 0.6) is 0 Å². The van der Waals surface area contributed by atoms with Crippen LogP contribution in [0.15, 0.2) is 34.3 Å². The third-order valence-electron chi connectivity index (χ3n) is 4.11. The molecule has 1 aromatic heterocycles. The molecule has 1 aromatic carbocycles. The largest absolute Gasteiger partial charge is 0.328 e. The van der Waals surface area contributed by atoms with Gasteiger partial charge in [-0.25, -0.2) is 4.79 Å². The van der Waals surface area contributed by atoms with Crippen molar-refractivity contribution in [1.29, 1.82) is 0 Å². The zero-order valence-electron chi connectivity index (χ0n) is 13.9. The molecule has 25 heavy (non-hydrogen) atoms. The maximum atomic E-state index is 11.9. The van der Waals surface area contributed by atoms with E-state index in [1.807, 2.05) is 39.0 Å². The van der Waals surface area contributed by atoms with Crippen molar-refractivity contribution in [3.8, 4) is 5.69 Å². The summed E-state index contributed by atoms with van der Waals surface area (Å²) in [7, 11) is 0. The summed E-state index contributed by atoms with van der Waals surface area (Å²) in [6, 6.07) is 7.13. The Labute approximate surface area is 153 Å². The summed E-state index contributed by atoms with van der Waals surface area (Å²) in [5.41, 5.74) is 4.62. The SMILES string of the molecule is Cc1cc(-n2c(C)cc(C=C3C(=O)NC(=O)NC3=O)c2C)ccc1Br. The molecule has 1 saturated heterocycles.